The molecule has 0 saturated heterocycles. The summed E-state index contributed by atoms with van der Waals surface area (Å²) in [5.74, 6) is 1.10. The highest BCUT2D eigenvalue weighted by Gasteiger charge is 2.20. The van der Waals surface area contributed by atoms with Crippen LogP contribution in [0.2, 0.25) is 0 Å². The normalized spacial score (nSPS) is 16.4. The first-order valence-electron chi connectivity index (χ1n) is 7.32. The van der Waals surface area contributed by atoms with Crippen LogP contribution in [-0.4, -0.2) is 26.5 Å². The summed E-state index contributed by atoms with van der Waals surface area (Å²) in [5.41, 5.74) is 0. The Balaban J connectivity index is 1.98. The monoisotopic (exact) mass is 297 g/mol. The molecule has 1 aromatic rings. The Morgan fingerprint density at radius 3 is 2.80 bits per heavy atom. The van der Waals surface area contributed by atoms with Crippen LogP contribution in [0, 0.1) is 5.92 Å². The maximum absolute atomic E-state index is 12.3. The van der Waals surface area contributed by atoms with Crippen molar-refractivity contribution in [3.8, 4) is 0 Å². The molecule has 1 fully saturated rings. The molecule has 0 amide bonds. The molecule has 2 N–H and O–H groups in total. The summed E-state index contributed by atoms with van der Waals surface area (Å²) in [7, 11) is -3.48. The first-order chi connectivity index (χ1) is 9.63. The topological polar surface area (TPSA) is 71.1 Å². The number of hydrogen-bond acceptors (Lipinski definition) is 4. The standard InChI is InChI=1S/C14H23N3O2S/c1-2-15-14-13(8-5-10-16-14)20(18,19)17-11-9-12-6-3-4-7-12/h5,8,10,12,17H,2-4,6-7,9,11H2,1H3,(H,15,16). The highest BCUT2D eigenvalue weighted by Crippen LogP contribution is 2.27. The molecule has 0 spiro atoms. The average Bonchev–Trinajstić information content (AvgIpc) is 2.92. The molecule has 0 aliphatic heterocycles. The van der Waals surface area contributed by atoms with Crippen LogP contribution in [0.15, 0.2) is 23.2 Å². The van der Waals surface area contributed by atoms with E-state index in [-0.39, 0.29) is 4.90 Å². The molecule has 0 aromatic carbocycles. The van der Waals surface area contributed by atoms with Crippen LogP contribution < -0.4 is 10.0 Å². The molecule has 1 aliphatic carbocycles. The first-order valence-corrected chi connectivity index (χ1v) is 8.80. The number of anilines is 1. The highest BCUT2D eigenvalue weighted by molar-refractivity contribution is 7.89. The Labute approximate surface area is 121 Å². The molecule has 0 atom stereocenters. The van der Waals surface area contributed by atoms with E-state index in [0.717, 1.165) is 6.42 Å². The van der Waals surface area contributed by atoms with Gasteiger partial charge in [-0.2, -0.15) is 0 Å². The second-order valence-corrected chi connectivity index (χ2v) is 6.95. The van der Waals surface area contributed by atoms with Crippen molar-refractivity contribution in [3.63, 3.8) is 0 Å². The van der Waals surface area contributed by atoms with E-state index < -0.39 is 10.0 Å². The van der Waals surface area contributed by atoms with Gasteiger partial charge in [0.1, 0.15) is 10.7 Å². The largest absolute Gasteiger partial charge is 0.369 e. The fourth-order valence-corrected chi connectivity index (χ4v) is 3.86. The maximum Gasteiger partial charge on any atom is 0.244 e. The molecule has 0 unspecified atom stereocenters. The van der Waals surface area contributed by atoms with Crippen LogP contribution in [0.25, 0.3) is 0 Å². The SMILES string of the molecule is CCNc1ncccc1S(=O)(=O)NCCC1CCCC1. The molecule has 1 aliphatic rings. The van der Waals surface area contributed by atoms with Crippen molar-refractivity contribution in [2.24, 2.45) is 5.92 Å². The minimum absolute atomic E-state index is 0.230. The van der Waals surface area contributed by atoms with E-state index >= 15 is 0 Å². The summed E-state index contributed by atoms with van der Waals surface area (Å²) in [6.45, 7) is 3.06. The van der Waals surface area contributed by atoms with Crippen LogP contribution in [0.4, 0.5) is 5.82 Å². The third kappa shape index (κ3) is 3.93. The van der Waals surface area contributed by atoms with Crippen molar-refractivity contribution in [3.05, 3.63) is 18.3 Å². The summed E-state index contributed by atoms with van der Waals surface area (Å²) >= 11 is 0. The zero-order chi connectivity index (χ0) is 14.4. The molecule has 6 heteroatoms. The zero-order valence-corrected chi connectivity index (χ0v) is 12.7. The first kappa shape index (κ1) is 15.3. The molecule has 1 saturated carbocycles. The highest BCUT2D eigenvalue weighted by atomic mass is 32.2. The van der Waals surface area contributed by atoms with Crippen molar-refractivity contribution in [1.82, 2.24) is 9.71 Å². The molecule has 2 rings (SSSR count). The van der Waals surface area contributed by atoms with Crippen LogP contribution >= 0.6 is 0 Å². The van der Waals surface area contributed by atoms with E-state index in [2.05, 4.69) is 15.0 Å². The van der Waals surface area contributed by atoms with Gasteiger partial charge in [-0.25, -0.2) is 18.1 Å². The number of hydrogen-bond donors (Lipinski definition) is 2. The summed E-state index contributed by atoms with van der Waals surface area (Å²) in [4.78, 5) is 4.32. The van der Waals surface area contributed by atoms with Crippen LogP contribution in [0.3, 0.4) is 0 Å². The molecule has 112 valence electrons. The fourth-order valence-electron chi connectivity index (χ4n) is 2.68. The molecular weight excluding hydrogens is 274 g/mol. The number of pyridine rings is 1. The molecule has 0 radical (unpaired) electrons. The van der Waals surface area contributed by atoms with E-state index in [1.165, 1.54) is 25.7 Å². The maximum atomic E-state index is 12.3. The van der Waals surface area contributed by atoms with Gasteiger partial charge in [0.25, 0.3) is 0 Å². The molecule has 1 aromatic heterocycles. The van der Waals surface area contributed by atoms with E-state index in [0.29, 0.717) is 24.8 Å². The van der Waals surface area contributed by atoms with E-state index in [4.69, 9.17) is 0 Å². The molecular formula is C14H23N3O2S. The van der Waals surface area contributed by atoms with Gasteiger partial charge in [0.05, 0.1) is 0 Å². The Bertz CT molecular complexity index is 525. The molecule has 20 heavy (non-hydrogen) atoms. The Hall–Kier alpha value is -1.14. The Morgan fingerprint density at radius 2 is 2.10 bits per heavy atom. The van der Waals surface area contributed by atoms with Gasteiger partial charge in [-0.05, 0) is 31.4 Å². The van der Waals surface area contributed by atoms with Crippen molar-refractivity contribution in [2.45, 2.75) is 43.9 Å². The van der Waals surface area contributed by atoms with Crippen molar-refractivity contribution < 1.29 is 8.42 Å². The van der Waals surface area contributed by atoms with Gasteiger partial charge in [0.2, 0.25) is 10.0 Å². The molecule has 0 bridgehead atoms. The van der Waals surface area contributed by atoms with Crippen molar-refractivity contribution in [2.75, 3.05) is 18.4 Å². The summed E-state index contributed by atoms with van der Waals surface area (Å²) in [6.07, 6.45) is 7.55. The minimum Gasteiger partial charge on any atom is -0.369 e. The lowest BCUT2D eigenvalue weighted by atomic mass is 10.1. The van der Waals surface area contributed by atoms with Gasteiger partial charge in [0, 0.05) is 19.3 Å². The summed E-state index contributed by atoms with van der Waals surface area (Å²) in [5, 5.41) is 2.98. The second kappa shape index (κ2) is 7.04. The van der Waals surface area contributed by atoms with Crippen molar-refractivity contribution in [1.29, 1.82) is 0 Å². The van der Waals surface area contributed by atoms with E-state index in [9.17, 15) is 8.42 Å². The lowest BCUT2D eigenvalue weighted by molar-refractivity contribution is 0.495. The number of nitrogens with zero attached hydrogens (tertiary/aromatic N) is 1. The molecule has 1 heterocycles. The number of nitrogens with one attached hydrogen (secondary N) is 2. The average molecular weight is 297 g/mol. The summed E-state index contributed by atoms with van der Waals surface area (Å²) in [6, 6.07) is 3.23. The van der Waals surface area contributed by atoms with Gasteiger partial charge in [-0.15, -0.1) is 0 Å². The fraction of sp³-hybridized carbons (Fsp3) is 0.643. The predicted octanol–water partition coefficient (Wildman–Crippen LogP) is 2.37. The third-order valence-corrected chi connectivity index (χ3v) is 5.22. The van der Waals surface area contributed by atoms with E-state index in [1.54, 1.807) is 18.3 Å². The third-order valence-electron chi connectivity index (χ3n) is 3.72. The van der Waals surface area contributed by atoms with Gasteiger partial charge < -0.3 is 5.32 Å². The lowest BCUT2D eigenvalue weighted by Gasteiger charge is -2.13. The Kier molecular flexibility index (Phi) is 5.37. The Morgan fingerprint density at radius 1 is 1.35 bits per heavy atom. The van der Waals surface area contributed by atoms with Crippen LogP contribution in [-0.2, 0) is 10.0 Å². The van der Waals surface area contributed by atoms with Gasteiger partial charge >= 0.3 is 0 Å². The van der Waals surface area contributed by atoms with Gasteiger partial charge in [0.15, 0.2) is 0 Å². The van der Waals surface area contributed by atoms with Crippen LogP contribution in [0.5, 0.6) is 0 Å². The zero-order valence-electron chi connectivity index (χ0n) is 11.9. The van der Waals surface area contributed by atoms with Crippen molar-refractivity contribution >= 4 is 15.8 Å². The minimum atomic E-state index is -3.48. The molecule has 5 nitrogen and oxygen atoms in total. The summed E-state index contributed by atoms with van der Waals surface area (Å²) < 4.78 is 27.3. The van der Waals surface area contributed by atoms with Crippen LogP contribution in [0.1, 0.15) is 39.0 Å². The van der Waals surface area contributed by atoms with Gasteiger partial charge in [-0.3, -0.25) is 0 Å². The second-order valence-electron chi connectivity index (χ2n) is 5.22. The smallest absolute Gasteiger partial charge is 0.244 e. The van der Waals surface area contributed by atoms with E-state index in [1.807, 2.05) is 6.92 Å². The number of sulfonamides is 1. The van der Waals surface area contributed by atoms with Gasteiger partial charge in [-0.1, -0.05) is 25.7 Å². The quantitative estimate of drug-likeness (QED) is 0.810. The lowest BCUT2D eigenvalue weighted by Crippen LogP contribution is -2.27. The number of rotatable bonds is 7. The predicted molar refractivity (Wildman–Crippen MR) is 80.2 cm³/mol. The number of aromatic nitrogens is 1.